The van der Waals surface area contributed by atoms with Crippen molar-refractivity contribution in [3.05, 3.63) is 16.5 Å². The van der Waals surface area contributed by atoms with Gasteiger partial charge in [0.1, 0.15) is 10.7 Å². The summed E-state index contributed by atoms with van der Waals surface area (Å²) in [4.78, 5) is 2.47. The normalized spacial score (nSPS) is 20.5. The summed E-state index contributed by atoms with van der Waals surface area (Å²) >= 11 is 3.16. The SMILES string of the molecule is CCN1CCCC1CN(C)S(=O)(=O)c1cc(CN)oc1Br. The highest BCUT2D eigenvalue weighted by Gasteiger charge is 2.31. The van der Waals surface area contributed by atoms with Crippen molar-refractivity contribution in [1.29, 1.82) is 0 Å². The molecule has 0 bridgehead atoms. The fourth-order valence-electron chi connectivity index (χ4n) is 2.76. The topological polar surface area (TPSA) is 79.8 Å². The Morgan fingerprint density at radius 1 is 1.57 bits per heavy atom. The van der Waals surface area contributed by atoms with E-state index in [4.69, 9.17) is 10.2 Å². The van der Waals surface area contributed by atoms with E-state index in [1.807, 2.05) is 0 Å². The molecule has 1 aromatic rings. The van der Waals surface area contributed by atoms with Gasteiger partial charge in [-0.2, -0.15) is 4.31 Å². The van der Waals surface area contributed by atoms with Gasteiger partial charge in [-0.05, 0) is 41.9 Å². The molecule has 0 aliphatic carbocycles. The Morgan fingerprint density at radius 3 is 2.86 bits per heavy atom. The molecule has 2 N–H and O–H groups in total. The van der Waals surface area contributed by atoms with Crippen LogP contribution in [0, 0.1) is 0 Å². The maximum atomic E-state index is 12.6. The van der Waals surface area contributed by atoms with Crippen LogP contribution in [0.2, 0.25) is 0 Å². The van der Waals surface area contributed by atoms with Gasteiger partial charge in [-0.1, -0.05) is 6.92 Å². The predicted octanol–water partition coefficient (Wildman–Crippen LogP) is 1.61. The Bertz CT molecular complexity index is 587. The number of nitrogens with two attached hydrogens (primary N) is 1. The van der Waals surface area contributed by atoms with Crippen LogP contribution < -0.4 is 5.73 Å². The molecule has 1 aliphatic heterocycles. The molecule has 8 heteroatoms. The first-order valence-electron chi connectivity index (χ1n) is 7.08. The summed E-state index contributed by atoms with van der Waals surface area (Å²) in [7, 11) is -1.95. The second-order valence-corrected chi connectivity index (χ2v) is 8.00. The molecule has 6 nitrogen and oxygen atoms in total. The van der Waals surface area contributed by atoms with E-state index in [-0.39, 0.29) is 22.2 Å². The van der Waals surface area contributed by atoms with E-state index >= 15 is 0 Å². The highest BCUT2D eigenvalue weighted by Crippen LogP contribution is 2.29. The first-order chi connectivity index (χ1) is 9.90. The molecular weight excluding hydrogens is 358 g/mol. The van der Waals surface area contributed by atoms with Gasteiger partial charge in [0.25, 0.3) is 0 Å². The van der Waals surface area contributed by atoms with E-state index < -0.39 is 10.0 Å². The molecule has 0 amide bonds. The minimum atomic E-state index is -3.57. The van der Waals surface area contributed by atoms with Crippen molar-refractivity contribution in [2.24, 2.45) is 5.73 Å². The second kappa shape index (κ2) is 6.78. The molecule has 2 heterocycles. The van der Waals surface area contributed by atoms with Gasteiger partial charge in [0.2, 0.25) is 10.0 Å². The van der Waals surface area contributed by atoms with Crippen LogP contribution >= 0.6 is 15.9 Å². The van der Waals surface area contributed by atoms with Crippen molar-refractivity contribution < 1.29 is 12.8 Å². The summed E-state index contributed by atoms with van der Waals surface area (Å²) in [5, 5.41) is 0. The molecule has 0 radical (unpaired) electrons. The lowest BCUT2D eigenvalue weighted by atomic mass is 10.2. The van der Waals surface area contributed by atoms with Gasteiger partial charge in [-0.25, -0.2) is 8.42 Å². The summed E-state index contributed by atoms with van der Waals surface area (Å²) in [5.41, 5.74) is 5.49. The van der Waals surface area contributed by atoms with Gasteiger partial charge in [-0.3, -0.25) is 4.90 Å². The standard InChI is InChI=1S/C13H22BrN3O3S/c1-3-17-6-4-5-10(17)9-16(2)21(18,19)12-7-11(8-15)20-13(12)14/h7,10H,3-6,8-9,15H2,1-2H3. The van der Waals surface area contributed by atoms with Crippen molar-refractivity contribution >= 4 is 26.0 Å². The quantitative estimate of drug-likeness (QED) is 0.811. The number of hydrogen-bond donors (Lipinski definition) is 1. The number of rotatable bonds is 6. The van der Waals surface area contributed by atoms with Gasteiger partial charge in [0.15, 0.2) is 4.67 Å². The number of likely N-dealkylation sites (N-methyl/N-ethyl adjacent to an activating group) is 2. The minimum Gasteiger partial charge on any atom is -0.452 e. The van der Waals surface area contributed by atoms with E-state index in [1.54, 1.807) is 7.05 Å². The molecule has 120 valence electrons. The van der Waals surface area contributed by atoms with E-state index in [9.17, 15) is 8.42 Å². The van der Waals surface area contributed by atoms with Gasteiger partial charge in [0, 0.05) is 25.7 Å². The average molecular weight is 380 g/mol. The molecular formula is C13H22BrN3O3S. The number of sulfonamides is 1. The van der Waals surface area contributed by atoms with E-state index in [1.165, 1.54) is 10.4 Å². The van der Waals surface area contributed by atoms with Crippen LogP contribution in [0.3, 0.4) is 0 Å². The average Bonchev–Trinajstić information content (AvgIpc) is 3.04. The predicted molar refractivity (Wildman–Crippen MR) is 84.4 cm³/mol. The number of hydrogen-bond acceptors (Lipinski definition) is 5. The Kier molecular flexibility index (Phi) is 5.48. The van der Waals surface area contributed by atoms with Crippen molar-refractivity contribution in [3.8, 4) is 0 Å². The summed E-state index contributed by atoms with van der Waals surface area (Å²) in [5.74, 6) is 0.449. The smallest absolute Gasteiger partial charge is 0.247 e. The zero-order valence-corrected chi connectivity index (χ0v) is 14.8. The van der Waals surface area contributed by atoms with Gasteiger partial charge in [0.05, 0.1) is 6.54 Å². The zero-order valence-electron chi connectivity index (χ0n) is 12.4. The first kappa shape index (κ1) is 17.0. The molecule has 1 unspecified atom stereocenters. The van der Waals surface area contributed by atoms with Crippen LogP contribution in [-0.4, -0.2) is 50.3 Å². The molecule has 1 atom stereocenters. The Labute approximate surface area is 134 Å². The van der Waals surface area contributed by atoms with Gasteiger partial charge in [-0.15, -0.1) is 0 Å². The van der Waals surface area contributed by atoms with Crippen LogP contribution in [-0.2, 0) is 16.6 Å². The van der Waals surface area contributed by atoms with Crippen LogP contribution in [0.1, 0.15) is 25.5 Å². The van der Waals surface area contributed by atoms with Crippen LogP contribution in [0.15, 0.2) is 20.0 Å². The van der Waals surface area contributed by atoms with Crippen molar-refractivity contribution in [2.45, 2.75) is 37.2 Å². The molecule has 2 rings (SSSR count). The van der Waals surface area contributed by atoms with Crippen LogP contribution in [0.4, 0.5) is 0 Å². The molecule has 0 aromatic carbocycles. The minimum absolute atomic E-state index is 0.145. The molecule has 1 saturated heterocycles. The Balaban J connectivity index is 2.16. The monoisotopic (exact) mass is 379 g/mol. The lowest BCUT2D eigenvalue weighted by Gasteiger charge is -2.27. The van der Waals surface area contributed by atoms with Crippen molar-refractivity contribution in [1.82, 2.24) is 9.21 Å². The number of halogens is 1. The van der Waals surface area contributed by atoms with Crippen molar-refractivity contribution in [2.75, 3.05) is 26.7 Å². The molecule has 1 aliphatic rings. The van der Waals surface area contributed by atoms with E-state index in [0.29, 0.717) is 12.3 Å². The largest absolute Gasteiger partial charge is 0.452 e. The lowest BCUT2D eigenvalue weighted by molar-refractivity contribution is 0.237. The van der Waals surface area contributed by atoms with E-state index in [2.05, 4.69) is 27.8 Å². The molecule has 0 spiro atoms. The maximum Gasteiger partial charge on any atom is 0.247 e. The fourth-order valence-corrected chi connectivity index (χ4v) is 4.92. The summed E-state index contributed by atoms with van der Waals surface area (Å²) in [6.07, 6.45) is 2.16. The van der Waals surface area contributed by atoms with E-state index in [0.717, 1.165) is 25.9 Å². The van der Waals surface area contributed by atoms with Gasteiger partial charge >= 0.3 is 0 Å². The van der Waals surface area contributed by atoms with Gasteiger partial charge < -0.3 is 10.2 Å². The second-order valence-electron chi connectivity index (χ2n) is 5.26. The summed E-state index contributed by atoms with van der Waals surface area (Å²) in [6, 6.07) is 1.77. The maximum absolute atomic E-state index is 12.6. The molecule has 0 saturated carbocycles. The zero-order chi connectivity index (χ0) is 15.6. The third kappa shape index (κ3) is 3.50. The highest BCUT2D eigenvalue weighted by molar-refractivity contribution is 9.10. The molecule has 21 heavy (non-hydrogen) atoms. The lowest BCUT2D eigenvalue weighted by Crippen LogP contribution is -2.41. The summed E-state index contributed by atoms with van der Waals surface area (Å²) in [6.45, 7) is 4.76. The Hall–Kier alpha value is -0.410. The molecule has 1 aromatic heterocycles. The number of furan rings is 1. The number of likely N-dealkylation sites (tertiary alicyclic amines) is 1. The first-order valence-corrected chi connectivity index (χ1v) is 9.32. The molecule has 1 fully saturated rings. The highest BCUT2D eigenvalue weighted by atomic mass is 79.9. The summed E-state index contributed by atoms with van der Waals surface area (Å²) < 4.78 is 32.2. The van der Waals surface area contributed by atoms with Crippen LogP contribution in [0.5, 0.6) is 0 Å². The fraction of sp³-hybridized carbons (Fsp3) is 0.692. The third-order valence-corrected chi connectivity index (χ3v) is 6.65. The van der Waals surface area contributed by atoms with Crippen LogP contribution in [0.25, 0.3) is 0 Å². The Morgan fingerprint density at radius 2 is 2.29 bits per heavy atom. The number of nitrogens with zero attached hydrogens (tertiary/aromatic N) is 2. The van der Waals surface area contributed by atoms with Crippen molar-refractivity contribution in [3.63, 3.8) is 0 Å². The third-order valence-electron chi connectivity index (χ3n) is 3.97.